The zero-order chi connectivity index (χ0) is 28.0. The number of allylic oxidation sites excluding steroid dienone is 8. The van der Waals surface area contributed by atoms with Gasteiger partial charge in [0, 0.05) is 25.0 Å². The van der Waals surface area contributed by atoms with Crippen molar-refractivity contribution in [3.8, 4) is 0 Å². The van der Waals surface area contributed by atoms with Crippen LogP contribution in [0.3, 0.4) is 0 Å². The number of carbonyl (C=O) groups is 1. The molecule has 0 aromatic carbocycles. The van der Waals surface area contributed by atoms with E-state index in [2.05, 4.69) is 79.7 Å². The lowest BCUT2D eigenvalue weighted by atomic mass is 9.85. The number of Topliss-reactive ketones (excluding diaryl/α,β-unsaturated/α-hetero) is 1. The summed E-state index contributed by atoms with van der Waals surface area (Å²) in [6.07, 6.45) is 14.6. The Kier molecular flexibility index (Phi) is 11.2. The third-order valence-corrected chi connectivity index (χ3v) is 8.87. The molecule has 4 heteroatoms. The Hall–Kier alpha value is -1.91. The maximum Gasteiger partial charge on any atom is 0.218 e. The summed E-state index contributed by atoms with van der Waals surface area (Å²) in [6.45, 7) is 18.0. The Bertz CT molecular complexity index is 1110. The van der Waals surface area contributed by atoms with Gasteiger partial charge in [0.15, 0.2) is 0 Å². The maximum absolute atomic E-state index is 13.2. The lowest BCUT2D eigenvalue weighted by molar-refractivity contribution is -0.113. The van der Waals surface area contributed by atoms with Crippen molar-refractivity contribution in [2.75, 3.05) is 0 Å². The molecule has 206 valence electrons. The van der Waals surface area contributed by atoms with E-state index in [4.69, 9.17) is 0 Å². The molecule has 1 aromatic rings. The highest BCUT2D eigenvalue weighted by Gasteiger charge is 2.33. The van der Waals surface area contributed by atoms with Crippen LogP contribution < -0.4 is 0 Å². The van der Waals surface area contributed by atoms with Gasteiger partial charge in [-0.05, 0) is 94.6 Å². The van der Waals surface area contributed by atoms with Crippen molar-refractivity contribution in [3.05, 3.63) is 78.0 Å². The normalized spacial score (nSPS) is 17.2. The molecule has 1 aromatic heterocycles. The fourth-order valence-electron chi connectivity index (χ4n) is 4.61. The second kappa shape index (κ2) is 13.9. The number of carbonyl (C=O) groups excluding carboxylic acids is 1. The summed E-state index contributed by atoms with van der Waals surface area (Å²) >= 11 is 3.76. The highest BCUT2D eigenvalue weighted by Crippen LogP contribution is 2.40. The van der Waals surface area contributed by atoms with Gasteiger partial charge in [-0.15, -0.1) is 0 Å². The smallest absolute Gasteiger partial charge is 0.218 e. The molecule has 0 unspecified atom stereocenters. The van der Waals surface area contributed by atoms with Gasteiger partial charge in [-0.2, -0.15) is 0 Å². The average molecular weight is 552 g/mol. The molecule has 3 rings (SSSR count). The molecule has 1 aliphatic carbocycles. The first-order chi connectivity index (χ1) is 17.9. The first-order valence-corrected chi connectivity index (χ1v) is 16.0. The Balaban J connectivity index is 1.91. The van der Waals surface area contributed by atoms with Crippen LogP contribution in [-0.4, -0.2) is 10.9 Å². The molecule has 0 amide bonds. The van der Waals surface area contributed by atoms with Crippen molar-refractivity contribution < 1.29 is 9.90 Å². The van der Waals surface area contributed by atoms with Gasteiger partial charge in [0.2, 0.25) is 26.9 Å². The Labute approximate surface area is 239 Å². The van der Waals surface area contributed by atoms with E-state index in [1.807, 2.05) is 35.3 Å². The quantitative estimate of drug-likeness (QED) is 0.207. The van der Waals surface area contributed by atoms with E-state index in [9.17, 15) is 9.90 Å². The summed E-state index contributed by atoms with van der Waals surface area (Å²) in [5, 5.41) is 10.9. The monoisotopic (exact) mass is 551 g/mol. The number of aryl methyl sites for hydroxylation is 2. The van der Waals surface area contributed by atoms with Crippen molar-refractivity contribution in [1.82, 2.24) is 0 Å². The van der Waals surface area contributed by atoms with Gasteiger partial charge in [0.1, 0.15) is 5.76 Å². The third-order valence-electron chi connectivity index (χ3n) is 6.61. The van der Waals surface area contributed by atoms with Gasteiger partial charge in [-0.1, -0.05) is 67.2 Å². The molecule has 0 radical (unpaired) electrons. The van der Waals surface area contributed by atoms with Gasteiger partial charge in [0.25, 0.3) is 0 Å². The molecule has 2 heterocycles. The van der Waals surface area contributed by atoms with Crippen LogP contribution in [0.1, 0.15) is 96.4 Å². The van der Waals surface area contributed by atoms with E-state index in [0.29, 0.717) is 34.8 Å². The minimum atomic E-state index is -0.0640. The first kappa shape index (κ1) is 30.6. The largest absolute Gasteiger partial charge is 0.506 e. The summed E-state index contributed by atoms with van der Waals surface area (Å²) in [6, 6.07) is 4.41. The van der Waals surface area contributed by atoms with Gasteiger partial charge in [0.05, 0.1) is 11.1 Å². The van der Waals surface area contributed by atoms with E-state index in [-0.39, 0.29) is 11.5 Å². The number of hydrogen-bond acceptors (Lipinski definition) is 3. The number of ketones is 1. The summed E-state index contributed by atoms with van der Waals surface area (Å²) in [7, 11) is 0. The van der Waals surface area contributed by atoms with Crippen LogP contribution in [0.2, 0.25) is 0 Å². The molecule has 2 aliphatic rings. The Morgan fingerprint density at radius 2 is 1.29 bits per heavy atom. The Morgan fingerprint density at radius 3 is 1.71 bits per heavy atom. The van der Waals surface area contributed by atoms with E-state index >= 15 is 0 Å². The Morgan fingerprint density at radius 1 is 0.789 bits per heavy atom. The van der Waals surface area contributed by atoms with Gasteiger partial charge >= 0.3 is 0 Å². The number of aliphatic hydroxyl groups excluding tert-OH is 1. The average Bonchev–Trinajstić information content (AvgIpc) is 2.82. The maximum atomic E-state index is 13.2. The van der Waals surface area contributed by atoms with Gasteiger partial charge in [-0.3, -0.25) is 4.79 Å². The second-order valence-corrected chi connectivity index (χ2v) is 15.0. The van der Waals surface area contributed by atoms with E-state index in [0.717, 1.165) is 49.7 Å². The summed E-state index contributed by atoms with van der Waals surface area (Å²) < 4.78 is 0. The van der Waals surface area contributed by atoms with Crippen LogP contribution in [0.15, 0.2) is 62.6 Å². The zero-order valence-electron chi connectivity index (χ0n) is 24.7. The van der Waals surface area contributed by atoms with Crippen LogP contribution in [0.25, 0.3) is 6.08 Å². The lowest BCUT2D eigenvalue weighted by Crippen LogP contribution is -2.21. The van der Waals surface area contributed by atoms with E-state index in [1.165, 1.54) is 19.6 Å². The topological polar surface area (TPSA) is 37.3 Å². The SMILES string of the molecule is CC(C)CCc1cc(C=C2C(=O)C(C=C3C=C(CC(C)C)SC(CC(C)C)=C3)=C2O)cc(CCC(C)C)[s+]1. The standard InChI is InChI=1S/C34H46O2S2/c1-21(2)9-11-27-15-25(16-28(37-27)12-10-22(3)4)19-31-33(35)32(34(31)36)20-26-17-29(13-23(5)6)38-30(18-26)14-24(7)8/h15-24H,9-14H2,1-8H3/p+1. The molecule has 0 fully saturated rings. The third kappa shape index (κ3) is 9.09. The van der Waals surface area contributed by atoms with Crippen molar-refractivity contribution in [1.29, 1.82) is 0 Å². The minimum absolute atomic E-state index is 0.0640. The molecule has 1 N–H and O–H groups in total. The summed E-state index contributed by atoms with van der Waals surface area (Å²) in [5.41, 5.74) is 2.89. The van der Waals surface area contributed by atoms with Crippen molar-refractivity contribution in [2.24, 2.45) is 23.7 Å². The van der Waals surface area contributed by atoms with Gasteiger partial charge in [-0.25, -0.2) is 0 Å². The molecule has 2 nitrogen and oxygen atoms in total. The summed E-state index contributed by atoms with van der Waals surface area (Å²) in [5.74, 6) is 2.52. The van der Waals surface area contributed by atoms with E-state index < -0.39 is 0 Å². The first-order valence-electron chi connectivity index (χ1n) is 14.4. The zero-order valence-corrected chi connectivity index (χ0v) is 26.3. The van der Waals surface area contributed by atoms with Crippen LogP contribution in [0.5, 0.6) is 0 Å². The molecule has 0 spiro atoms. The van der Waals surface area contributed by atoms with Crippen LogP contribution >= 0.6 is 23.1 Å². The fraction of sp³-hybridized carbons (Fsp3) is 0.529. The van der Waals surface area contributed by atoms with Crippen LogP contribution in [-0.2, 0) is 17.6 Å². The molecular formula is C34H47O2S2+. The van der Waals surface area contributed by atoms with Crippen molar-refractivity contribution in [3.63, 3.8) is 0 Å². The molecule has 0 saturated heterocycles. The number of thioether (sulfide) groups is 1. The second-order valence-electron chi connectivity index (χ2n) is 12.5. The van der Waals surface area contributed by atoms with Crippen molar-refractivity contribution in [2.45, 2.75) is 93.9 Å². The molecule has 38 heavy (non-hydrogen) atoms. The molecular weight excluding hydrogens is 505 g/mol. The predicted molar refractivity (Wildman–Crippen MR) is 168 cm³/mol. The molecule has 0 bridgehead atoms. The molecule has 1 aliphatic heterocycles. The summed E-state index contributed by atoms with van der Waals surface area (Å²) in [4.78, 5) is 18.6. The number of hydrogen-bond donors (Lipinski definition) is 1. The van der Waals surface area contributed by atoms with E-state index in [1.54, 1.807) is 0 Å². The van der Waals surface area contributed by atoms with Crippen molar-refractivity contribution >= 4 is 35.0 Å². The van der Waals surface area contributed by atoms with Gasteiger partial charge < -0.3 is 5.11 Å². The predicted octanol–water partition coefficient (Wildman–Crippen LogP) is 10.5. The number of aliphatic hydroxyl groups is 1. The molecule has 0 atom stereocenters. The number of rotatable bonds is 12. The molecule has 0 saturated carbocycles. The lowest BCUT2D eigenvalue weighted by Gasteiger charge is -2.22. The van der Waals surface area contributed by atoms with Crippen LogP contribution in [0, 0.1) is 23.7 Å². The van der Waals surface area contributed by atoms with Crippen LogP contribution in [0.4, 0.5) is 0 Å². The minimum Gasteiger partial charge on any atom is -0.506 e. The fourth-order valence-corrected chi connectivity index (χ4v) is 7.33. The highest BCUT2D eigenvalue weighted by atomic mass is 32.2. The highest BCUT2D eigenvalue weighted by molar-refractivity contribution is 8.06.